The minimum Gasteiger partial charge on any atom is -0.347 e. The number of rotatable bonds is 5. The number of nitrogens with one attached hydrogen (secondary N) is 2. The molecule has 1 aliphatic rings. The summed E-state index contributed by atoms with van der Waals surface area (Å²) in [6.07, 6.45) is 7.45. The van der Waals surface area contributed by atoms with Crippen LogP contribution in [-0.2, 0) is 18.4 Å². The van der Waals surface area contributed by atoms with Crippen molar-refractivity contribution in [3.8, 4) is 0 Å². The number of pyridine rings is 1. The van der Waals surface area contributed by atoms with Crippen LogP contribution in [0.3, 0.4) is 0 Å². The Bertz CT molecular complexity index is 720. The monoisotopic (exact) mass is 327 g/mol. The summed E-state index contributed by atoms with van der Waals surface area (Å²) in [4.78, 5) is 28.4. The molecule has 1 fully saturated rings. The molecular weight excluding hydrogens is 306 g/mol. The molecule has 1 aliphatic carbocycles. The highest BCUT2D eigenvalue weighted by atomic mass is 16.2. The van der Waals surface area contributed by atoms with Crippen LogP contribution in [0.5, 0.6) is 0 Å². The third-order valence-corrected chi connectivity index (χ3v) is 4.27. The molecule has 0 unspecified atom stereocenters. The Balaban J connectivity index is 1.60. The van der Waals surface area contributed by atoms with Crippen molar-refractivity contribution in [2.24, 2.45) is 13.0 Å². The van der Waals surface area contributed by atoms with Gasteiger partial charge in [0.2, 0.25) is 5.91 Å². The largest absolute Gasteiger partial charge is 0.347 e. The average molecular weight is 327 g/mol. The van der Waals surface area contributed by atoms with Gasteiger partial charge in [-0.15, -0.1) is 0 Å². The van der Waals surface area contributed by atoms with Gasteiger partial charge < -0.3 is 10.6 Å². The SMILES string of the molecule is Cn1nc(C(=O)NCc2cccnc2)cc1NC(=O)C1CCCC1. The maximum atomic E-state index is 12.2. The van der Waals surface area contributed by atoms with E-state index in [1.807, 2.05) is 12.1 Å². The lowest BCUT2D eigenvalue weighted by Crippen LogP contribution is -2.23. The van der Waals surface area contributed by atoms with Crippen molar-refractivity contribution in [3.63, 3.8) is 0 Å². The minimum atomic E-state index is -0.282. The van der Waals surface area contributed by atoms with E-state index in [0.717, 1.165) is 31.2 Å². The maximum Gasteiger partial charge on any atom is 0.272 e. The van der Waals surface area contributed by atoms with E-state index in [2.05, 4.69) is 20.7 Å². The van der Waals surface area contributed by atoms with Crippen LogP contribution in [0.25, 0.3) is 0 Å². The smallest absolute Gasteiger partial charge is 0.272 e. The standard InChI is InChI=1S/C17H21N5O2/c1-22-15(20-16(23)13-6-2-3-7-13)9-14(21-22)17(24)19-11-12-5-4-8-18-10-12/h4-5,8-10,13H,2-3,6-7,11H2,1H3,(H,19,24)(H,20,23). The first-order valence-electron chi connectivity index (χ1n) is 8.15. The van der Waals surface area contributed by atoms with Crippen LogP contribution in [0, 0.1) is 5.92 Å². The predicted molar refractivity (Wildman–Crippen MR) is 89.2 cm³/mol. The molecule has 7 heteroatoms. The van der Waals surface area contributed by atoms with Crippen molar-refractivity contribution in [1.29, 1.82) is 0 Å². The van der Waals surface area contributed by atoms with Crippen molar-refractivity contribution in [2.45, 2.75) is 32.2 Å². The maximum absolute atomic E-state index is 12.2. The summed E-state index contributed by atoms with van der Waals surface area (Å²) in [7, 11) is 1.71. The molecule has 24 heavy (non-hydrogen) atoms. The van der Waals surface area contributed by atoms with Crippen molar-refractivity contribution >= 4 is 17.6 Å². The van der Waals surface area contributed by atoms with Crippen molar-refractivity contribution < 1.29 is 9.59 Å². The summed E-state index contributed by atoms with van der Waals surface area (Å²) in [5.74, 6) is 0.342. The number of carbonyl (C=O) groups excluding carboxylic acids is 2. The summed E-state index contributed by atoms with van der Waals surface area (Å²) in [5, 5.41) is 9.85. The third-order valence-electron chi connectivity index (χ3n) is 4.27. The second kappa shape index (κ2) is 7.25. The molecule has 7 nitrogen and oxygen atoms in total. The number of hydrogen-bond acceptors (Lipinski definition) is 4. The molecule has 2 aromatic heterocycles. The van der Waals surface area contributed by atoms with Crippen LogP contribution in [0.2, 0.25) is 0 Å². The number of hydrogen-bond donors (Lipinski definition) is 2. The molecule has 0 saturated heterocycles. The Labute approximate surface area is 140 Å². The zero-order chi connectivity index (χ0) is 16.9. The van der Waals surface area contributed by atoms with Crippen LogP contribution in [0.4, 0.5) is 5.82 Å². The predicted octanol–water partition coefficient (Wildman–Crippen LogP) is 1.87. The number of anilines is 1. The van der Waals surface area contributed by atoms with Gasteiger partial charge in [0, 0.05) is 38.0 Å². The molecule has 0 atom stereocenters. The van der Waals surface area contributed by atoms with Gasteiger partial charge in [0.15, 0.2) is 5.69 Å². The highest BCUT2D eigenvalue weighted by Gasteiger charge is 2.24. The van der Waals surface area contributed by atoms with Gasteiger partial charge in [-0.05, 0) is 24.5 Å². The topological polar surface area (TPSA) is 88.9 Å². The van der Waals surface area contributed by atoms with Gasteiger partial charge >= 0.3 is 0 Å². The van der Waals surface area contributed by atoms with Crippen LogP contribution < -0.4 is 10.6 Å². The summed E-state index contributed by atoms with van der Waals surface area (Å²) >= 11 is 0. The van der Waals surface area contributed by atoms with Gasteiger partial charge in [0.05, 0.1) is 0 Å². The molecule has 1 saturated carbocycles. The molecular formula is C17H21N5O2. The average Bonchev–Trinajstić information content (AvgIpc) is 3.24. The molecule has 3 rings (SSSR count). The van der Waals surface area contributed by atoms with Crippen molar-refractivity contribution in [2.75, 3.05) is 5.32 Å². The highest BCUT2D eigenvalue weighted by Crippen LogP contribution is 2.26. The third kappa shape index (κ3) is 3.79. The van der Waals surface area contributed by atoms with E-state index in [4.69, 9.17) is 0 Å². The second-order valence-corrected chi connectivity index (χ2v) is 6.05. The van der Waals surface area contributed by atoms with E-state index in [9.17, 15) is 9.59 Å². The zero-order valence-corrected chi connectivity index (χ0v) is 13.7. The van der Waals surface area contributed by atoms with E-state index in [1.165, 1.54) is 4.68 Å². The Morgan fingerprint density at radius 1 is 1.33 bits per heavy atom. The van der Waals surface area contributed by atoms with Gasteiger partial charge in [-0.2, -0.15) is 5.10 Å². The zero-order valence-electron chi connectivity index (χ0n) is 13.7. The summed E-state index contributed by atoms with van der Waals surface area (Å²) < 4.78 is 1.52. The first kappa shape index (κ1) is 16.2. The van der Waals surface area contributed by atoms with Gasteiger partial charge in [0.25, 0.3) is 5.91 Å². The molecule has 2 aromatic rings. The van der Waals surface area contributed by atoms with Gasteiger partial charge in [0.1, 0.15) is 5.82 Å². The van der Waals surface area contributed by atoms with Gasteiger partial charge in [-0.1, -0.05) is 18.9 Å². The molecule has 126 valence electrons. The minimum absolute atomic E-state index is 0.0119. The van der Waals surface area contributed by atoms with E-state index in [1.54, 1.807) is 25.5 Å². The lowest BCUT2D eigenvalue weighted by molar-refractivity contribution is -0.119. The molecule has 0 spiro atoms. The number of aryl methyl sites for hydroxylation is 1. The lowest BCUT2D eigenvalue weighted by atomic mass is 10.1. The highest BCUT2D eigenvalue weighted by molar-refractivity contribution is 5.96. The molecule has 0 aliphatic heterocycles. The van der Waals surface area contributed by atoms with E-state index < -0.39 is 0 Å². The van der Waals surface area contributed by atoms with E-state index in [-0.39, 0.29) is 23.4 Å². The molecule has 0 bridgehead atoms. The number of amides is 2. The fourth-order valence-corrected chi connectivity index (χ4v) is 2.89. The first-order chi connectivity index (χ1) is 11.6. The second-order valence-electron chi connectivity index (χ2n) is 6.05. The Morgan fingerprint density at radius 2 is 2.12 bits per heavy atom. The first-order valence-corrected chi connectivity index (χ1v) is 8.15. The Kier molecular flexibility index (Phi) is 4.88. The summed E-state index contributed by atoms with van der Waals surface area (Å²) in [6.45, 7) is 0.382. The van der Waals surface area contributed by atoms with Crippen LogP contribution in [-0.4, -0.2) is 26.6 Å². The summed E-state index contributed by atoms with van der Waals surface area (Å²) in [6, 6.07) is 5.31. The molecule has 2 amide bonds. The van der Waals surface area contributed by atoms with E-state index >= 15 is 0 Å². The Hall–Kier alpha value is -2.70. The van der Waals surface area contributed by atoms with Gasteiger partial charge in [-0.25, -0.2) is 0 Å². The number of nitrogens with zero attached hydrogens (tertiary/aromatic N) is 3. The normalized spacial score (nSPS) is 14.5. The quantitative estimate of drug-likeness (QED) is 0.877. The van der Waals surface area contributed by atoms with Crippen LogP contribution in [0.15, 0.2) is 30.6 Å². The van der Waals surface area contributed by atoms with Crippen molar-refractivity contribution in [3.05, 3.63) is 41.9 Å². The molecule has 2 N–H and O–H groups in total. The molecule has 0 aromatic carbocycles. The number of carbonyl (C=O) groups is 2. The lowest BCUT2D eigenvalue weighted by Gasteiger charge is -2.09. The number of aromatic nitrogens is 3. The van der Waals surface area contributed by atoms with Crippen LogP contribution in [0.1, 0.15) is 41.7 Å². The fourth-order valence-electron chi connectivity index (χ4n) is 2.89. The molecule has 2 heterocycles. The Morgan fingerprint density at radius 3 is 2.83 bits per heavy atom. The van der Waals surface area contributed by atoms with Crippen molar-refractivity contribution in [1.82, 2.24) is 20.1 Å². The van der Waals surface area contributed by atoms with Gasteiger partial charge in [-0.3, -0.25) is 19.3 Å². The molecule has 0 radical (unpaired) electrons. The fraction of sp³-hybridized carbons (Fsp3) is 0.412. The summed E-state index contributed by atoms with van der Waals surface area (Å²) in [5.41, 5.74) is 1.19. The van der Waals surface area contributed by atoms with E-state index in [0.29, 0.717) is 12.4 Å². The van der Waals surface area contributed by atoms with Crippen LogP contribution >= 0.6 is 0 Å².